The molecule has 0 amide bonds. The first-order valence-corrected chi connectivity index (χ1v) is 12.3. The van der Waals surface area contributed by atoms with Crippen LogP contribution >= 0.6 is 0 Å². The SMILES string of the molecule is Cc1ccc(C(=O)OCC(=O)c2cc(C)n(C3CCS(=O)(=O)C3)c2C)cc1-n1cccc1. The van der Waals surface area contributed by atoms with Crippen molar-refractivity contribution < 1.29 is 22.7 Å². The third-order valence-electron chi connectivity index (χ3n) is 6.02. The van der Waals surface area contributed by atoms with Crippen LogP contribution in [0.2, 0.25) is 0 Å². The van der Waals surface area contributed by atoms with Crippen LogP contribution in [-0.4, -0.2) is 47.4 Å². The fourth-order valence-corrected chi connectivity index (χ4v) is 6.10. The number of ketones is 1. The van der Waals surface area contributed by atoms with Gasteiger partial charge in [0, 0.05) is 41.1 Å². The molecule has 7 nitrogen and oxygen atoms in total. The van der Waals surface area contributed by atoms with Gasteiger partial charge < -0.3 is 13.9 Å². The molecule has 1 saturated heterocycles. The molecule has 0 aliphatic carbocycles. The number of hydrogen-bond acceptors (Lipinski definition) is 5. The van der Waals surface area contributed by atoms with Crippen molar-refractivity contribution in [3.63, 3.8) is 0 Å². The van der Waals surface area contributed by atoms with Crippen LogP contribution in [-0.2, 0) is 14.6 Å². The highest BCUT2D eigenvalue weighted by Gasteiger charge is 2.31. The van der Waals surface area contributed by atoms with Crippen molar-refractivity contribution >= 4 is 21.6 Å². The molecule has 1 aliphatic heterocycles. The maximum atomic E-state index is 12.8. The van der Waals surface area contributed by atoms with Crippen molar-refractivity contribution in [3.05, 3.63) is 76.9 Å². The van der Waals surface area contributed by atoms with E-state index in [4.69, 9.17) is 4.74 Å². The van der Waals surface area contributed by atoms with Gasteiger partial charge in [-0.15, -0.1) is 0 Å². The first-order valence-electron chi connectivity index (χ1n) is 10.5. The lowest BCUT2D eigenvalue weighted by molar-refractivity contribution is 0.0474. The van der Waals surface area contributed by atoms with E-state index in [0.717, 1.165) is 16.9 Å². The highest BCUT2D eigenvalue weighted by molar-refractivity contribution is 7.91. The van der Waals surface area contributed by atoms with E-state index in [1.807, 2.05) is 53.6 Å². The van der Waals surface area contributed by atoms with Crippen LogP contribution in [0, 0.1) is 20.8 Å². The number of aryl methyl sites for hydroxylation is 2. The number of carbonyl (C=O) groups excluding carboxylic acids is 2. The summed E-state index contributed by atoms with van der Waals surface area (Å²) in [5.41, 5.74) is 4.23. The Balaban J connectivity index is 1.47. The molecule has 1 fully saturated rings. The molecule has 3 aromatic rings. The van der Waals surface area contributed by atoms with E-state index in [-0.39, 0.29) is 29.9 Å². The summed E-state index contributed by atoms with van der Waals surface area (Å²) in [6.07, 6.45) is 4.33. The quantitative estimate of drug-likeness (QED) is 0.420. The Labute approximate surface area is 187 Å². The van der Waals surface area contributed by atoms with E-state index < -0.39 is 15.8 Å². The van der Waals surface area contributed by atoms with Crippen molar-refractivity contribution in [1.82, 2.24) is 9.13 Å². The largest absolute Gasteiger partial charge is 0.454 e. The van der Waals surface area contributed by atoms with Crippen molar-refractivity contribution in [2.24, 2.45) is 0 Å². The molecule has 4 rings (SSSR count). The molecule has 3 heterocycles. The van der Waals surface area contributed by atoms with Crippen LogP contribution < -0.4 is 0 Å². The molecule has 0 bridgehead atoms. The minimum atomic E-state index is -3.04. The summed E-state index contributed by atoms with van der Waals surface area (Å²) in [6, 6.07) is 10.7. The molecule has 1 atom stereocenters. The molecule has 0 radical (unpaired) electrons. The van der Waals surface area contributed by atoms with Crippen molar-refractivity contribution in [2.75, 3.05) is 18.1 Å². The highest BCUT2D eigenvalue weighted by atomic mass is 32.2. The summed E-state index contributed by atoms with van der Waals surface area (Å²) in [5, 5.41) is 0. The highest BCUT2D eigenvalue weighted by Crippen LogP contribution is 2.29. The summed E-state index contributed by atoms with van der Waals surface area (Å²) in [4.78, 5) is 25.4. The van der Waals surface area contributed by atoms with Gasteiger partial charge >= 0.3 is 5.97 Å². The predicted octanol–water partition coefficient (Wildman–Crippen LogP) is 3.60. The molecular weight excluding hydrogens is 428 g/mol. The topological polar surface area (TPSA) is 87.4 Å². The third kappa shape index (κ3) is 4.27. The average molecular weight is 455 g/mol. The van der Waals surface area contributed by atoms with E-state index in [9.17, 15) is 18.0 Å². The van der Waals surface area contributed by atoms with E-state index in [1.165, 1.54) is 0 Å². The standard InChI is InChI=1S/C24H26N2O5S/c1-16-6-7-19(13-22(16)25-9-4-5-10-25)24(28)31-14-23(27)21-12-17(2)26(18(21)3)20-8-11-32(29,30)15-20/h4-7,9-10,12-13,20H,8,11,14-15H2,1-3H3. The van der Waals surface area contributed by atoms with E-state index in [2.05, 4.69) is 0 Å². The summed E-state index contributed by atoms with van der Waals surface area (Å²) in [5.74, 6) is -0.626. The zero-order chi connectivity index (χ0) is 23.0. The Kier molecular flexibility index (Phi) is 5.81. The van der Waals surface area contributed by atoms with Gasteiger partial charge in [-0.2, -0.15) is 0 Å². The lowest BCUT2D eigenvalue weighted by Gasteiger charge is -2.16. The first kappa shape index (κ1) is 22.1. The summed E-state index contributed by atoms with van der Waals surface area (Å²) >= 11 is 0. The molecule has 168 valence electrons. The Morgan fingerprint density at radius 3 is 2.47 bits per heavy atom. The summed E-state index contributed by atoms with van der Waals surface area (Å²) in [7, 11) is -3.04. The first-order chi connectivity index (χ1) is 15.2. The van der Waals surface area contributed by atoms with Crippen LogP contribution in [0.1, 0.15) is 50.1 Å². The van der Waals surface area contributed by atoms with Gasteiger partial charge in [0.05, 0.1) is 17.1 Å². The van der Waals surface area contributed by atoms with Crippen LogP contribution in [0.4, 0.5) is 0 Å². The molecule has 32 heavy (non-hydrogen) atoms. The van der Waals surface area contributed by atoms with Crippen LogP contribution in [0.3, 0.4) is 0 Å². The maximum absolute atomic E-state index is 12.8. The Morgan fingerprint density at radius 2 is 1.81 bits per heavy atom. The van der Waals surface area contributed by atoms with Crippen LogP contribution in [0.25, 0.3) is 5.69 Å². The fourth-order valence-electron chi connectivity index (χ4n) is 4.40. The van der Waals surface area contributed by atoms with E-state index in [1.54, 1.807) is 25.1 Å². The Bertz CT molecular complexity index is 1290. The predicted molar refractivity (Wildman–Crippen MR) is 121 cm³/mol. The number of ether oxygens (including phenoxy) is 1. The van der Waals surface area contributed by atoms with Gasteiger partial charge in [0.25, 0.3) is 0 Å². The Morgan fingerprint density at radius 1 is 1.09 bits per heavy atom. The number of carbonyl (C=O) groups is 2. The zero-order valence-electron chi connectivity index (χ0n) is 18.4. The number of benzene rings is 1. The van der Waals surface area contributed by atoms with Gasteiger partial charge in [-0.05, 0) is 63.1 Å². The van der Waals surface area contributed by atoms with Crippen molar-refractivity contribution in [1.29, 1.82) is 0 Å². The van der Waals surface area contributed by atoms with Gasteiger partial charge in [-0.1, -0.05) is 6.07 Å². The minimum absolute atomic E-state index is 0.0864. The second-order valence-corrected chi connectivity index (χ2v) is 10.5. The number of aromatic nitrogens is 2. The van der Waals surface area contributed by atoms with E-state index >= 15 is 0 Å². The number of rotatable bonds is 6. The Hall–Kier alpha value is -3.13. The molecule has 0 saturated carbocycles. The molecule has 1 aromatic carbocycles. The molecule has 1 unspecified atom stereocenters. The molecule has 8 heteroatoms. The smallest absolute Gasteiger partial charge is 0.338 e. The van der Waals surface area contributed by atoms with E-state index in [0.29, 0.717) is 23.2 Å². The maximum Gasteiger partial charge on any atom is 0.338 e. The average Bonchev–Trinajstić information content (AvgIpc) is 3.46. The molecule has 1 aliphatic rings. The monoisotopic (exact) mass is 454 g/mol. The number of hydrogen-bond donors (Lipinski definition) is 0. The number of nitrogens with zero attached hydrogens (tertiary/aromatic N) is 2. The number of sulfone groups is 1. The summed E-state index contributed by atoms with van der Waals surface area (Å²) in [6.45, 7) is 5.24. The van der Waals surface area contributed by atoms with Gasteiger partial charge in [-0.25, -0.2) is 13.2 Å². The lowest BCUT2D eigenvalue weighted by atomic mass is 10.1. The molecule has 2 aromatic heterocycles. The number of esters is 1. The van der Waals surface area contributed by atoms with Gasteiger partial charge in [-0.3, -0.25) is 4.79 Å². The van der Waals surface area contributed by atoms with Crippen LogP contribution in [0.5, 0.6) is 0 Å². The minimum Gasteiger partial charge on any atom is -0.454 e. The normalized spacial score (nSPS) is 17.4. The third-order valence-corrected chi connectivity index (χ3v) is 7.77. The van der Waals surface area contributed by atoms with Gasteiger partial charge in [0.2, 0.25) is 5.78 Å². The van der Waals surface area contributed by atoms with Crippen molar-refractivity contribution in [2.45, 2.75) is 33.2 Å². The van der Waals surface area contributed by atoms with Crippen LogP contribution in [0.15, 0.2) is 48.8 Å². The molecular formula is C24H26N2O5S. The van der Waals surface area contributed by atoms with Gasteiger partial charge in [0.1, 0.15) is 0 Å². The number of Topliss-reactive ketones (excluding diaryl/α,β-unsaturated/α-hetero) is 1. The fraction of sp³-hybridized carbons (Fsp3) is 0.333. The zero-order valence-corrected chi connectivity index (χ0v) is 19.2. The lowest BCUT2D eigenvalue weighted by Crippen LogP contribution is -2.17. The second-order valence-electron chi connectivity index (χ2n) is 8.30. The van der Waals surface area contributed by atoms with Crippen molar-refractivity contribution in [3.8, 4) is 5.69 Å². The second kappa shape index (κ2) is 8.43. The summed E-state index contributed by atoms with van der Waals surface area (Å²) < 4.78 is 32.9. The molecule has 0 N–H and O–H groups in total. The van der Waals surface area contributed by atoms with Gasteiger partial charge in [0.15, 0.2) is 16.4 Å². The molecule has 0 spiro atoms.